The topological polar surface area (TPSA) is 41.1 Å². The Balaban J connectivity index is 1.99. The summed E-state index contributed by atoms with van der Waals surface area (Å²) in [4.78, 5) is 11.8. The molecule has 0 saturated carbocycles. The molecule has 0 aliphatic carbocycles. The Morgan fingerprint density at radius 2 is 2.18 bits per heavy atom. The van der Waals surface area contributed by atoms with Crippen LogP contribution >= 0.6 is 0 Å². The fourth-order valence-electron chi connectivity index (χ4n) is 1.89. The minimum absolute atomic E-state index is 0.100. The van der Waals surface area contributed by atoms with E-state index in [2.05, 4.69) is 10.6 Å². The number of anilines is 1. The number of rotatable bonds is 2. The van der Waals surface area contributed by atoms with Crippen molar-refractivity contribution in [1.29, 1.82) is 0 Å². The van der Waals surface area contributed by atoms with Gasteiger partial charge in [0, 0.05) is 18.3 Å². The van der Waals surface area contributed by atoms with Crippen LogP contribution in [-0.2, 0) is 4.79 Å². The number of nitrogens with one attached hydrogen (secondary N) is 2. The summed E-state index contributed by atoms with van der Waals surface area (Å²) in [6, 6.07) is 3.35. The molecule has 2 rings (SSSR count). The maximum absolute atomic E-state index is 12.9. The summed E-state index contributed by atoms with van der Waals surface area (Å²) in [6.45, 7) is 1.56. The van der Waals surface area contributed by atoms with Crippen molar-refractivity contribution < 1.29 is 13.6 Å². The quantitative estimate of drug-likeness (QED) is 0.829. The molecule has 0 spiro atoms. The van der Waals surface area contributed by atoms with E-state index in [1.807, 2.05) is 0 Å². The van der Waals surface area contributed by atoms with E-state index in [4.69, 9.17) is 0 Å². The Morgan fingerprint density at radius 1 is 1.35 bits per heavy atom. The minimum atomic E-state index is -0.954. The van der Waals surface area contributed by atoms with E-state index in [0.717, 1.165) is 31.5 Å². The molecule has 0 radical (unpaired) electrons. The van der Waals surface area contributed by atoms with E-state index >= 15 is 0 Å². The fourth-order valence-corrected chi connectivity index (χ4v) is 1.89. The van der Waals surface area contributed by atoms with Crippen LogP contribution in [0.3, 0.4) is 0 Å². The molecule has 17 heavy (non-hydrogen) atoms. The molecule has 3 nitrogen and oxygen atoms in total. The Morgan fingerprint density at radius 3 is 2.82 bits per heavy atom. The molecule has 92 valence electrons. The summed E-state index contributed by atoms with van der Waals surface area (Å²) in [7, 11) is 0. The molecule has 1 amide bonds. The number of benzene rings is 1. The van der Waals surface area contributed by atoms with Crippen LogP contribution in [0.4, 0.5) is 14.5 Å². The van der Waals surface area contributed by atoms with Gasteiger partial charge in [0.15, 0.2) is 11.6 Å². The highest BCUT2D eigenvalue weighted by Crippen LogP contribution is 2.16. The van der Waals surface area contributed by atoms with E-state index in [9.17, 15) is 13.6 Å². The predicted octanol–water partition coefficient (Wildman–Crippen LogP) is 1.90. The Labute approximate surface area is 98.2 Å². The maximum atomic E-state index is 12.9. The molecule has 5 heteroatoms. The lowest BCUT2D eigenvalue weighted by Crippen LogP contribution is -2.37. The first-order chi connectivity index (χ1) is 8.16. The highest BCUT2D eigenvalue weighted by Gasteiger charge is 2.20. The Kier molecular flexibility index (Phi) is 3.68. The zero-order valence-electron chi connectivity index (χ0n) is 9.30. The van der Waals surface area contributed by atoms with Gasteiger partial charge in [0.05, 0.1) is 5.92 Å². The second-order valence-corrected chi connectivity index (χ2v) is 4.16. The van der Waals surface area contributed by atoms with E-state index in [1.165, 1.54) is 6.07 Å². The second-order valence-electron chi connectivity index (χ2n) is 4.16. The lowest BCUT2D eigenvalue weighted by molar-refractivity contribution is -0.120. The van der Waals surface area contributed by atoms with Gasteiger partial charge in [-0.25, -0.2) is 8.78 Å². The smallest absolute Gasteiger partial charge is 0.228 e. The minimum Gasteiger partial charge on any atom is -0.326 e. The molecule has 0 unspecified atom stereocenters. The monoisotopic (exact) mass is 240 g/mol. The van der Waals surface area contributed by atoms with Crippen LogP contribution in [0, 0.1) is 17.6 Å². The molecular formula is C12H14F2N2O. The van der Waals surface area contributed by atoms with Crippen molar-refractivity contribution >= 4 is 11.6 Å². The molecule has 0 aromatic heterocycles. The summed E-state index contributed by atoms with van der Waals surface area (Å²) < 4.78 is 25.6. The van der Waals surface area contributed by atoms with Crippen molar-refractivity contribution in [1.82, 2.24) is 5.32 Å². The molecule has 1 atom stereocenters. The molecule has 1 aliphatic heterocycles. The second kappa shape index (κ2) is 5.23. The first-order valence-corrected chi connectivity index (χ1v) is 5.63. The first kappa shape index (κ1) is 12.0. The highest BCUT2D eigenvalue weighted by atomic mass is 19.2. The van der Waals surface area contributed by atoms with Crippen molar-refractivity contribution in [2.75, 3.05) is 18.4 Å². The van der Waals surface area contributed by atoms with Crippen molar-refractivity contribution in [2.24, 2.45) is 5.92 Å². The van der Waals surface area contributed by atoms with Gasteiger partial charge in [-0.2, -0.15) is 0 Å². The zero-order valence-corrected chi connectivity index (χ0v) is 9.30. The number of piperidine rings is 1. The zero-order chi connectivity index (χ0) is 12.3. The molecule has 1 aromatic carbocycles. The van der Waals surface area contributed by atoms with Crippen molar-refractivity contribution in [3.63, 3.8) is 0 Å². The maximum Gasteiger partial charge on any atom is 0.228 e. The van der Waals surface area contributed by atoms with Gasteiger partial charge in [0.1, 0.15) is 0 Å². The third kappa shape index (κ3) is 3.00. The van der Waals surface area contributed by atoms with Crippen LogP contribution in [0.1, 0.15) is 12.8 Å². The summed E-state index contributed by atoms with van der Waals surface area (Å²) >= 11 is 0. The summed E-state index contributed by atoms with van der Waals surface area (Å²) in [5.74, 6) is -2.12. The fraction of sp³-hybridized carbons (Fsp3) is 0.417. The number of carbonyl (C=O) groups excluding carboxylic acids is 1. The molecule has 1 aromatic rings. The van der Waals surface area contributed by atoms with Gasteiger partial charge in [0.2, 0.25) is 5.91 Å². The van der Waals surface area contributed by atoms with Crippen molar-refractivity contribution in [3.8, 4) is 0 Å². The third-order valence-electron chi connectivity index (χ3n) is 2.85. The van der Waals surface area contributed by atoms with Crippen LogP contribution < -0.4 is 10.6 Å². The average Bonchev–Trinajstić information content (AvgIpc) is 2.35. The summed E-state index contributed by atoms with van der Waals surface area (Å²) in [6.07, 6.45) is 1.78. The van der Waals surface area contributed by atoms with Crippen LogP contribution in [0.5, 0.6) is 0 Å². The standard InChI is InChI=1S/C12H14F2N2O/c13-10-4-3-9(6-11(10)14)16-12(17)8-2-1-5-15-7-8/h3-4,6,8,15H,1-2,5,7H2,(H,16,17)/t8-/m0/s1. The normalized spacial score (nSPS) is 20.0. The number of hydrogen-bond acceptors (Lipinski definition) is 2. The summed E-state index contributed by atoms with van der Waals surface area (Å²) in [5.41, 5.74) is 0.291. The van der Waals surface area contributed by atoms with E-state index in [1.54, 1.807) is 0 Å². The number of amides is 1. The predicted molar refractivity (Wildman–Crippen MR) is 60.6 cm³/mol. The Hall–Kier alpha value is -1.49. The van der Waals surface area contributed by atoms with Crippen molar-refractivity contribution in [3.05, 3.63) is 29.8 Å². The van der Waals surface area contributed by atoms with E-state index in [0.29, 0.717) is 12.2 Å². The van der Waals surface area contributed by atoms with Crippen LogP contribution in [0.2, 0.25) is 0 Å². The number of halogens is 2. The molecule has 2 N–H and O–H groups in total. The van der Waals surface area contributed by atoms with Gasteiger partial charge in [-0.05, 0) is 31.5 Å². The largest absolute Gasteiger partial charge is 0.326 e. The van der Waals surface area contributed by atoms with Crippen LogP contribution in [0.15, 0.2) is 18.2 Å². The SMILES string of the molecule is O=C(Nc1ccc(F)c(F)c1)[C@H]1CCCNC1. The van der Waals surface area contributed by atoms with Gasteiger partial charge >= 0.3 is 0 Å². The molecule has 1 saturated heterocycles. The van der Waals surface area contributed by atoms with Gasteiger partial charge in [-0.15, -0.1) is 0 Å². The molecular weight excluding hydrogens is 226 g/mol. The lowest BCUT2D eigenvalue weighted by atomic mass is 9.99. The molecule has 1 aliphatic rings. The van der Waals surface area contributed by atoms with Gasteiger partial charge in [-0.3, -0.25) is 4.79 Å². The van der Waals surface area contributed by atoms with Gasteiger partial charge in [-0.1, -0.05) is 0 Å². The molecule has 0 bridgehead atoms. The summed E-state index contributed by atoms with van der Waals surface area (Å²) in [5, 5.41) is 5.72. The average molecular weight is 240 g/mol. The lowest BCUT2D eigenvalue weighted by Gasteiger charge is -2.21. The van der Waals surface area contributed by atoms with Gasteiger partial charge in [0.25, 0.3) is 0 Å². The number of carbonyl (C=O) groups is 1. The van der Waals surface area contributed by atoms with Crippen LogP contribution in [-0.4, -0.2) is 19.0 Å². The van der Waals surface area contributed by atoms with E-state index in [-0.39, 0.29) is 11.8 Å². The highest BCUT2D eigenvalue weighted by molar-refractivity contribution is 5.92. The van der Waals surface area contributed by atoms with Gasteiger partial charge < -0.3 is 10.6 Å². The van der Waals surface area contributed by atoms with Crippen molar-refractivity contribution in [2.45, 2.75) is 12.8 Å². The first-order valence-electron chi connectivity index (χ1n) is 5.63. The Bertz CT molecular complexity index is 417. The molecule has 1 fully saturated rings. The van der Waals surface area contributed by atoms with E-state index < -0.39 is 11.6 Å². The third-order valence-corrected chi connectivity index (χ3v) is 2.85. The number of hydrogen-bond donors (Lipinski definition) is 2. The molecule has 1 heterocycles. The van der Waals surface area contributed by atoms with Crippen LogP contribution in [0.25, 0.3) is 0 Å².